The minimum Gasteiger partial charge on any atom is -0.504 e. The Bertz CT molecular complexity index is 978. The van der Waals surface area contributed by atoms with Crippen LogP contribution in [-0.2, 0) is 20.9 Å². The zero-order valence-electron chi connectivity index (χ0n) is 17.8. The molecule has 1 unspecified atom stereocenters. The van der Waals surface area contributed by atoms with E-state index >= 15 is 0 Å². The second-order valence-electron chi connectivity index (χ2n) is 7.74. The van der Waals surface area contributed by atoms with Crippen LogP contribution in [0, 0.1) is 12.8 Å². The summed E-state index contributed by atoms with van der Waals surface area (Å²) in [5.74, 6) is -0.232. The molecule has 160 valence electrons. The highest BCUT2D eigenvalue weighted by Gasteiger charge is 2.31. The molecule has 0 saturated heterocycles. The maximum Gasteiger partial charge on any atom is 0.346 e. The van der Waals surface area contributed by atoms with E-state index in [0.29, 0.717) is 17.5 Å². The molecule has 7 nitrogen and oxygen atoms in total. The Morgan fingerprint density at radius 2 is 2.00 bits per heavy atom. The summed E-state index contributed by atoms with van der Waals surface area (Å²) in [5, 5.41) is 10.4. The van der Waals surface area contributed by atoms with Crippen molar-refractivity contribution in [1.29, 1.82) is 0 Å². The number of hydrogen-bond donors (Lipinski definition) is 1. The topological polar surface area (TPSA) is 91.3 Å². The molecular weight excluding hydrogens is 388 g/mol. The molecule has 0 aliphatic carbocycles. The molecule has 2 aromatic rings. The average Bonchev–Trinajstić information content (AvgIpc) is 2.65. The summed E-state index contributed by atoms with van der Waals surface area (Å²) in [5.41, 5.74) is 2.01. The lowest BCUT2D eigenvalue weighted by atomic mass is 9.96. The second-order valence-corrected chi connectivity index (χ2v) is 7.74. The molecule has 0 aromatic heterocycles. The van der Waals surface area contributed by atoms with Crippen LogP contribution in [0.4, 0.5) is 0 Å². The van der Waals surface area contributed by atoms with E-state index in [0.717, 1.165) is 5.56 Å². The Hall–Kier alpha value is -3.22. The number of fused-ring (bicyclic) bond motifs is 2. The normalized spacial score (nSPS) is 13.9. The third-order valence-electron chi connectivity index (χ3n) is 4.76. The summed E-state index contributed by atoms with van der Waals surface area (Å²) in [7, 11) is 1.43. The summed E-state index contributed by atoms with van der Waals surface area (Å²) < 4.78 is 22.5. The van der Waals surface area contributed by atoms with Gasteiger partial charge in [-0.1, -0.05) is 13.8 Å². The number of esters is 2. The number of carbonyl (C=O) groups excluding carboxylic acids is 2. The standard InChI is InChI=1S/C23H26O7/c1-12(2)8-19(29-14(4)24)16-6-7-18-20(22(16)27-5)23(26)28-11-15-9-13(3)10-17(25)21(15)30-18/h6-7,9-10,12,19,25H,8,11H2,1-5H3. The van der Waals surface area contributed by atoms with Crippen LogP contribution in [0.5, 0.6) is 23.0 Å². The first kappa shape index (κ1) is 21.5. The number of carbonyl (C=O) groups is 2. The number of phenolic OH excluding ortho intramolecular Hbond substituents is 1. The van der Waals surface area contributed by atoms with E-state index < -0.39 is 18.0 Å². The third kappa shape index (κ3) is 4.35. The van der Waals surface area contributed by atoms with Crippen LogP contribution in [0.2, 0.25) is 0 Å². The van der Waals surface area contributed by atoms with E-state index in [1.807, 2.05) is 20.8 Å². The summed E-state index contributed by atoms with van der Waals surface area (Å²) >= 11 is 0. The number of cyclic esters (lactones) is 1. The van der Waals surface area contributed by atoms with Gasteiger partial charge in [0.2, 0.25) is 0 Å². The number of ether oxygens (including phenoxy) is 4. The van der Waals surface area contributed by atoms with Gasteiger partial charge in [-0.15, -0.1) is 0 Å². The van der Waals surface area contributed by atoms with Gasteiger partial charge in [0.1, 0.15) is 29.8 Å². The van der Waals surface area contributed by atoms with Crippen LogP contribution in [0.3, 0.4) is 0 Å². The molecule has 30 heavy (non-hydrogen) atoms. The van der Waals surface area contributed by atoms with Crippen molar-refractivity contribution in [2.24, 2.45) is 5.92 Å². The smallest absolute Gasteiger partial charge is 0.346 e. The van der Waals surface area contributed by atoms with Crippen LogP contribution in [0.25, 0.3) is 0 Å². The molecule has 1 aliphatic heterocycles. The predicted octanol–water partition coefficient (Wildman–Crippen LogP) is 4.82. The maximum atomic E-state index is 12.9. The zero-order valence-corrected chi connectivity index (χ0v) is 17.8. The van der Waals surface area contributed by atoms with Crippen LogP contribution in [0.15, 0.2) is 24.3 Å². The van der Waals surface area contributed by atoms with E-state index in [1.165, 1.54) is 14.0 Å². The van der Waals surface area contributed by atoms with E-state index in [9.17, 15) is 14.7 Å². The zero-order chi connectivity index (χ0) is 22.0. The van der Waals surface area contributed by atoms with Crippen molar-refractivity contribution in [3.63, 3.8) is 0 Å². The molecule has 7 heteroatoms. The number of aromatic hydroxyl groups is 1. The Morgan fingerprint density at radius 1 is 1.27 bits per heavy atom. The van der Waals surface area contributed by atoms with Crippen molar-refractivity contribution in [2.75, 3.05) is 7.11 Å². The number of hydrogen-bond acceptors (Lipinski definition) is 7. The highest BCUT2D eigenvalue weighted by molar-refractivity contribution is 5.96. The predicted molar refractivity (Wildman–Crippen MR) is 109 cm³/mol. The minimum absolute atomic E-state index is 0.0467. The Labute approximate surface area is 175 Å². The highest BCUT2D eigenvalue weighted by atomic mass is 16.6. The molecule has 2 aromatic carbocycles. The monoisotopic (exact) mass is 414 g/mol. The summed E-state index contributed by atoms with van der Waals surface area (Å²) in [4.78, 5) is 24.5. The molecule has 1 aliphatic rings. The lowest BCUT2D eigenvalue weighted by Crippen LogP contribution is -2.17. The lowest BCUT2D eigenvalue weighted by Gasteiger charge is -2.25. The molecule has 3 rings (SSSR count). The Kier molecular flexibility index (Phi) is 6.20. The van der Waals surface area contributed by atoms with E-state index in [4.69, 9.17) is 18.9 Å². The van der Waals surface area contributed by atoms with Gasteiger partial charge in [-0.2, -0.15) is 0 Å². The van der Waals surface area contributed by atoms with E-state index in [-0.39, 0.29) is 41.1 Å². The number of rotatable bonds is 5. The van der Waals surface area contributed by atoms with Crippen molar-refractivity contribution < 1.29 is 33.6 Å². The van der Waals surface area contributed by atoms with Crippen molar-refractivity contribution in [3.05, 3.63) is 46.5 Å². The van der Waals surface area contributed by atoms with Crippen molar-refractivity contribution in [3.8, 4) is 23.0 Å². The summed E-state index contributed by atoms with van der Waals surface area (Å²) in [6, 6.07) is 6.66. The van der Waals surface area contributed by atoms with Gasteiger partial charge in [0.05, 0.1) is 7.11 Å². The van der Waals surface area contributed by atoms with E-state index in [1.54, 1.807) is 24.3 Å². The number of phenols is 1. The molecule has 0 bridgehead atoms. The number of benzene rings is 2. The van der Waals surface area contributed by atoms with Crippen LogP contribution < -0.4 is 9.47 Å². The minimum atomic E-state index is -0.624. The third-order valence-corrected chi connectivity index (χ3v) is 4.76. The molecule has 0 fully saturated rings. The average molecular weight is 414 g/mol. The number of aryl methyl sites for hydroxylation is 1. The van der Waals surface area contributed by atoms with Crippen LogP contribution >= 0.6 is 0 Å². The van der Waals surface area contributed by atoms with Gasteiger partial charge in [-0.05, 0) is 49.1 Å². The van der Waals surface area contributed by atoms with Gasteiger partial charge in [0, 0.05) is 18.1 Å². The van der Waals surface area contributed by atoms with Gasteiger partial charge >= 0.3 is 11.9 Å². The highest BCUT2D eigenvalue weighted by Crippen LogP contribution is 2.44. The van der Waals surface area contributed by atoms with Gasteiger partial charge in [0.15, 0.2) is 11.5 Å². The largest absolute Gasteiger partial charge is 0.504 e. The lowest BCUT2D eigenvalue weighted by molar-refractivity contribution is -0.147. The molecular formula is C23H26O7. The van der Waals surface area contributed by atoms with Crippen molar-refractivity contribution in [1.82, 2.24) is 0 Å². The van der Waals surface area contributed by atoms with E-state index in [2.05, 4.69) is 0 Å². The summed E-state index contributed by atoms with van der Waals surface area (Å²) in [6.07, 6.45) is -0.0441. The molecule has 0 radical (unpaired) electrons. The SMILES string of the molecule is COc1c(C(CC(C)C)OC(C)=O)ccc2c1C(=O)OCc1cc(C)cc(O)c1O2. The first-order valence-corrected chi connectivity index (χ1v) is 9.76. The van der Waals surface area contributed by atoms with Gasteiger partial charge in [0.25, 0.3) is 0 Å². The Balaban J connectivity index is 2.15. The molecule has 1 heterocycles. The fourth-order valence-electron chi connectivity index (χ4n) is 3.58. The Morgan fingerprint density at radius 3 is 2.63 bits per heavy atom. The molecule has 0 saturated carbocycles. The molecule has 0 spiro atoms. The van der Waals surface area contributed by atoms with Crippen LogP contribution in [-0.4, -0.2) is 24.2 Å². The molecule has 1 N–H and O–H groups in total. The van der Waals surface area contributed by atoms with Gasteiger partial charge < -0.3 is 24.1 Å². The number of methoxy groups -OCH3 is 1. The fourth-order valence-corrected chi connectivity index (χ4v) is 3.58. The van der Waals surface area contributed by atoms with Crippen LogP contribution in [0.1, 0.15) is 60.3 Å². The quantitative estimate of drug-likeness (QED) is 0.701. The summed E-state index contributed by atoms with van der Waals surface area (Å²) in [6.45, 7) is 7.13. The second kappa shape index (κ2) is 8.65. The van der Waals surface area contributed by atoms with Gasteiger partial charge in [-0.3, -0.25) is 4.79 Å². The van der Waals surface area contributed by atoms with Gasteiger partial charge in [-0.25, -0.2) is 4.79 Å². The maximum absolute atomic E-state index is 12.9. The fraction of sp³-hybridized carbons (Fsp3) is 0.391. The van der Waals surface area contributed by atoms with Crippen molar-refractivity contribution >= 4 is 11.9 Å². The molecule has 1 atom stereocenters. The molecule has 0 amide bonds. The first-order chi connectivity index (χ1) is 14.2. The first-order valence-electron chi connectivity index (χ1n) is 9.76. The van der Waals surface area contributed by atoms with Crippen molar-refractivity contribution in [2.45, 2.75) is 46.8 Å².